The van der Waals surface area contributed by atoms with E-state index in [1.807, 2.05) is 0 Å². The van der Waals surface area contributed by atoms with Crippen LogP contribution in [0, 0.1) is 11.3 Å². The van der Waals surface area contributed by atoms with Crippen LogP contribution in [0.5, 0.6) is 5.75 Å². The Morgan fingerprint density at radius 1 is 1.47 bits per heavy atom. The second kappa shape index (κ2) is 4.14. The number of nitriles is 1. The second-order valence-electron chi connectivity index (χ2n) is 2.53. The van der Waals surface area contributed by atoms with Crippen LogP contribution in [0.25, 0.3) is 0 Å². The second-order valence-corrected chi connectivity index (χ2v) is 2.53. The van der Waals surface area contributed by atoms with Crippen molar-refractivity contribution in [3.8, 4) is 11.8 Å². The predicted octanol–water partition coefficient (Wildman–Crippen LogP) is 1.31. The van der Waals surface area contributed by atoms with Crippen LogP contribution in [-0.2, 0) is 6.54 Å². The minimum atomic E-state index is -4.82. The Hall–Kier alpha value is -1.81. The van der Waals surface area contributed by atoms with E-state index in [2.05, 4.69) is 9.72 Å². The van der Waals surface area contributed by atoms with E-state index in [1.54, 1.807) is 6.07 Å². The molecule has 0 bridgehead atoms. The zero-order valence-electron chi connectivity index (χ0n) is 7.38. The molecule has 1 rings (SSSR count). The van der Waals surface area contributed by atoms with Gasteiger partial charge < -0.3 is 10.5 Å². The van der Waals surface area contributed by atoms with Gasteiger partial charge in [-0.25, -0.2) is 0 Å². The van der Waals surface area contributed by atoms with Gasteiger partial charge in [-0.15, -0.1) is 13.2 Å². The molecule has 0 radical (unpaired) electrons. The monoisotopic (exact) mass is 217 g/mol. The largest absolute Gasteiger partial charge is 0.573 e. The summed E-state index contributed by atoms with van der Waals surface area (Å²) in [5, 5.41) is 8.59. The summed E-state index contributed by atoms with van der Waals surface area (Å²) in [7, 11) is 0. The maximum Gasteiger partial charge on any atom is 0.573 e. The molecular weight excluding hydrogens is 211 g/mol. The molecule has 4 nitrogen and oxygen atoms in total. The first kappa shape index (κ1) is 11.3. The SMILES string of the molecule is N#Cc1cncc(OC(F)(F)F)c1CN. The van der Waals surface area contributed by atoms with Gasteiger partial charge in [-0.2, -0.15) is 5.26 Å². The highest BCUT2D eigenvalue weighted by atomic mass is 19.4. The molecule has 0 saturated heterocycles. The fourth-order valence-corrected chi connectivity index (χ4v) is 0.988. The molecule has 0 aliphatic heterocycles. The Morgan fingerprint density at radius 2 is 2.13 bits per heavy atom. The fraction of sp³-hybridized carbons (Fsp3) is 0.250. The van der Waals surface area contributed by atoms with E-state index < -0.39 is 12.1 Å². The molecule has 1 aromatic rings. The van der Waals surface area contributed by atoms with Crippen LogP contribution < -0.4 is 10.5 Å². The van der Waals surface area contributed by atoms with Crippen LogP contribution >= 0.6 is 0 Å². The summed E-state index contributed by atoms with van der Waals surface area (Å²) in [5.41, 5.74) is 5.18. The van der Waals surface area contributed by atoms with E-state index in [0.717, 1.165) is 12.4 Å². The topological polar surface area (TPSA) is 71.9 Å². The van der Waals surface area contributed by atoms with Crippen molar-refractivity contribution in [2.75, 3.05) is 0 Å². The van der Waals surface area contributed by atoms with E-state index in [9.17, 15) is 13.2 Å². The third-order valence-corrected chi connectivity index (χ3v) is 1.57. The lowest BCUT2D eigenvalue weighted by Crippen LogP contribution is -2.19. The van der Waals surface area contributed by atoms with Crippen LogP contribution in [0.3, 0.4) is 0 Å². The maximum atomic E-state index is 11.9. The Bertz CT molecular complexity index is 397. The maximum absolute atomic E-state index is 11.9. The van der Waals surface area contributed by atoms with E-state index in [0.29, 0.717) is 0 Å². The average molecular weight is 217 g/mol. The van der Waals surface area contributed by atoms with E-state index in [1.165, 1.54) is 0 Å². The van der Waals surface area contributed by atoms with E-state index in [4.69, 9.17) is 11.0 Å². The smallest absolute Gasteiger partial charge is 0.404 e. The highest BCUT2D eigenvalue weighted by molar-refractivity contribution is 5.43. The summed E-state index contributed by atoms with van der Waals surface area (Å²) in [6, 6.07) is 1.68. The Labute approximate surface area is 83.1 Å². The number of hydrogen-bond acceptors (Lipinski definition) is 4. The summed E-state index contributed by atoms with van der Waals surface area (Å²) in [5.74, 6) is -0.538. The van der Waals surface area contributed by atoms with Crippen LogP contribution in [0.15, 0.2) is 12.4 Å². The molecule has 0 aromatic carbocycles. The fourth-order valence-electron chi connectivity index (χ4n) is 0.988. The van der Waals surface area contributed by atoms with Crippen LogP contribution in [0.2, 0.25) is 0 Å². The van der Waals surface area contributed by atoms with Gasteiger partial charge in [0.1, 0.15) is 6.07 Å². The number of ether oxygens (including phenoxy) is 1. The van der Waals surface area contributed by atoms with Crippen molar-refractivity contribution in [1.29, 1.82) is 5.26 Å². The van der Waals surface area contributed by atoms with Crippen molar-refractivity contribution < 1.29 is 17.9 Å². The quantitative estimate of drug-likeness (QED) is 0.810. The number of nitrogens with zero attached hydrogens (tertiary/aromatic N) is 2. The summed E-state index contributed by atoms with van der Waals surface area (Å²) < 4.78 is 39.4. The van der Waals surface area contributed by atoms with Gasteiger partial charge in [0.05, 0.1) is 11.8 Å². The zero-order valence-corrected chi connectivity index (χ0v) is 7.38. The van der Waals surface area contributed by atoms with Gasteiger partial charge in [-0.3, -0.25) is 4.98 Å². The molecule has 0 aliphatic rings. The first-order valence-electron chi connectivity index (χ1n) is 3.80. The average Bonchev–Trinajstić information content (AvgIpc) is 2.15. The van der Waals surface area contributed by atoms with Crippen molar-refractivity contribution in [1.82, 2.24) is 4.98 Å². The van der Waals surface area contributed by atoms with Gasteiger partial charge in [0, 0.05) is 18.3 Å². The van der Waals surface area contributed by atoms with Crippen molar-refractivity contribution in [2.24, 2.45) is 5.73 Å². The van der Waals surface area contributed by atoms with Gasteiger partial charge in [-0.1, -0.05) is 0 Å². The molecule has 0 atom stereocenters. The summed E-state index contributed by atoms with van der Waals surface area (Å²) in [4.78, 5) is 3.45. The number of aromatic nitrogens is 1. The Morgan fingerprint density at radius 3 is 2.60 bits per heavy atom. The van der Waals surface area contributed by atoms with Crippen molar-refractivity contribution in [2.45, 2.75) is 12.9 Å². The molecule has 1 aromatic heterocycles. The number of hydrogen-bond donors (Lipinski definition) is 1. The molecule has 0 saturated carbocycles. The molecule has 1 heterocycles. The predicted molar refractivity (Wildman–Crippen MR) is 43.5 cm³/mol. The van der Waals surface area contributed by atoms with Gasteiger partial charge in [0.25, 0.3) is 0 Å². The molecule has 0 unspecified atom stereocenters. The first-order valence-corrected chi connectivity index (χ1v) is 3.80. The summed E-state index contributed by atoms with van der Waals surface area (Å²) in [6.45, 7) is -0.225. The molecular formula is C8H6F3N3O. The molecule has 7 heteroatoms. The first-order chi connectivity index (χ1) is 6.98. The van der Waals surface area contributed by atoms with Crippen molar-refractivity contribution in [3.63, 3.8) is 0 Å². The summed E-state index contributed by atoms with van der Waals surface area (Å²) >= 11 is 0. The van der Waals surface area contributed by atoms with Gasteiger partial charge in [-0.05, 0) is 0 Å². The molecule has 80 valence electrons. The van der Waals surface area contributed by atoms with Gasteiger partial charge >= 0.3 is 6.36 Å². The minimum Gasteiger partial charge on any atom is -0.404 e. The lowest BCUT2D eigenvalue weighted by Gasteiger charge is -2.12. The highest BCUT2D eigenvalue weighted by Gasteiger charge is 2.32. The van der Waals surface area contributed by atoms with Gasteiger partial charge in [0.2, 0.25) is 0 Å². The molecule has 15 heavy (non-hydrogen) atoms. The molecule has 2 N–H and O–H groups in total. The van der Waals surface area contributed by atoms with E-state index >= 15 is 0 Å². The van der Waals surface area contributed by atoms with Crippen LogP contribution in [0.4, 0.5) is 13.2 Å². The molecule has 0 aliphatic carbocycles. The third kappa shape index (κ3) is 2.82. The number of rotatable bonds is 2. The number of nitrogens with two attached hydrogens (primary N) is 1. The van der Waals surface area contributed by atoms with Crippen LogP contribution in [0.1, 0.15) is 11.1 Å². The number of alkyl halides is 3. The Balaban J connectivity index is 3.14. The molecule has 0 spiro atoms. The number of pyridine rings is 1. The third-order valence-electron chi connectivity index (χ3n) is 1.57. The van der Waals surface area contributed by atoms with Crippen molar-refractivity contribution >= 4 is 0 Å². The molecule has 0 fully saturated rings. The van der Waals surface area contributed by atoms with Gasteiger partial charge in [0.15, 0.2) is 5.75 Å². The standard InChI is InChI=1S/C8H6F3N3O/c9-8(10,11)15-7-4-14-3-5(1-12)6(7)2-13/h3-4H,2,13H2. The number of halogens is 3. The molecule has 0 amide bonds. The van der Waals surface area contributed by atoms with Crippen molar-refractivity contribution in [3.05, 3.63) is 23.5 Å². The minimum absolute atomic E-state index is 0.00942. The van der Waals surface area contributed by atoms with E-state index in [-0.39, 0.29) is 17.7 Å². The normalized spacial score (nSPS) is 10.9. The van der Waals surface area contributed by atoms with Crippen LogP contribution in [-0.4, -0.2) is 11.3 Å². The highest BCUT2D eigenvalue weighted by Crippen LogP contribution is 2.26. The lowest BCUT2D eigenvalue weighted by atomic mass is 10.1. The Kier molecular flexibility index (Phi) is 3.11. The lowest BCUT2D eigenvalue weighted by molar-refractivity contribution is -0.275. The summed E-state index contributed by atoms with van der Waals surface area (Å²) in [6.07, 6.45) is -2.82. The zero-order chi connectivity index (χ0) is 11.5.